The summed E-state index contributed by atoms with van der Waals surface area (Å²) in [5, 5.41) is 0. The zero-order valence-electron chi connectivity index (χ0n) is 47.0. The molecule has 2 unspecified atom stereocenters. The van der Waals surface area contributed by atoms with Crippen LogP contribution in [0.2, 0.25) is 0 Å². The van der Waals surface area contributed by atoms with Crippen LogP contribution in [0.4, 0.5) is 0 Å². The van der Waals surface area contributed by atoms with E-state index in [-0.39, 0.29) is 26.1 Å². The van der Waals surface area contributed by atoms with Crippen LogP contribution in [0.5, 0.6) is 0 Å². The first-order chi connectivity index (χ1) is 36.0. The molecule has 0 aromatic rings. The van der Waals surface area contributed by atoms with E-state index in [2.05, 4.69) is 166 Å². The Kier molecular flexibility index (Phi) is 50.3. The summed E-state index contributed by atoms with van der Waals surface area (Å²) in [6.07, 6.45) is 80.0. The van der Waals surface area contributed by atoms with Crippen LogP contribution < -0.4 is 4.89 Å². The molecule has 0 saturated heterocycles. The number of nitrogens with zero attached hydrogens (tertiary/aromatic N) is 1. The Morgan fingerprint density at radius 2 is 0.743 bits per heavy atom. The van der Waals surface area contributed by atoms with Gasteiger partial charge in [-0.05, 0) is 116 Å². The molecule has 74 heavy (non-hydrogen) atoms. The van der Waals surface area contributed by atoms with E-state index in [0.717, 1.165) is 109 Å². The second-order valence-corrected chi connectivity index (χ2v) is 20.6. The SMILES string of the molecule is CC/C=C\C/C=C\C/C=C\C/C=C\C/C=C\C/C=C\C/C=C\CCCC(=O)OC(COC(=O)CCCCCCCCCC/C=C\C/C=C\C/C=C\C/C=C\C/C=C\C/C=C\CC)COP(=O)([O-])OCC[N+](C)(C)C. The van der Waals surface area contributed by atoms with E-state index in [1.807, 2.05) is 27.2 Å². The summed E-state index contributed by atoms with van der Waals surface area (Å²) in [7, 11) is 1.10. The molecule has 0 aromatic carbocycles. The summed E-state index contributed by atoms with van der Waals surface area (Å²) in [5.41, 5.74) is 0. The van der Waals surface area contributed by atoms with Gasteiger partial charge in [-0.25, -0.2) is 0 Å². The Morgan fingerprint density at radius 3 is 1.12 bits per heavy atom. The zero-order chi connectivity index (χ0) is 54.2. The number of phosphoric acid groups is 1. The van der Waals surface area contributed by atoms with Crippen molar-refractivity contribution in [3.05, 3.63) is 158 Å². The van der Waals surface area contributed by atoms with Crippen molar-refractivity contribution in [1.29, 1.82) is 0 Å². The molecule has 9 nitrogen and oxygen atoms in total. The third-order valence-electron chi connectivity index (χ3n) is 11.0. The highest BCUT2D eigenvalue weighted by molar-refractivity contribution is 7.45. The fourth-order valence-corrected chi connectivity index (χ4v) is 7.49. The lowest BCUT2D eigenvalue weighted by atomic mass is 10.1. The average Bonchev–Trinajstić information content (AvgIpc) is 3.36. The van der Waals surface area contributed by atoms with Gasteiger partial charge in [-0.15, -0.1) is 0 Å². The molecule has 0 rings (SSSR count). The topological polar surface area (TPSA) is 111 Å². The molecule has 0 fully saturated rings. The Hall–Kier alpha value is -4.37. The molecule has 0 saturated carbocycles. The van der Waals surface area contributed by atoms with Gasteiger partial charge in [0.05, 0.1) is 27.7 Å². The summed E-state index contributed by atoms with van der Waals surface area (Å²) in [4.78, 5) is 37.8. The van der Waals surface area contributed by atoms with Crippen molar-refractivity contribution < 1.29 is 42.1 Å². The minimum Gasteiger partial charge on any atom is -0.756 e. The van der Waals surface area contributed by atoms with Crippen LogP contribution in [-0.4, -0.2) is 70.0 Å². The van der Waals surface area contributed by atoms with E-state index in [4.69, 9.17) is 18.5 Å². The molecular weight excluding hydrogens is 942 g/mol. The quantitative estimate of drug-likeness (QED) is 0.0195. The van der Waals surface area contributed by atoms with Crippen LogP contribution in [0.15, 0.2) is 158 Å². The molecule has 416 valence electrons. The van der Waals surface area contributed by atoms with E-state index in [1.165, 1.54) is 25.7 Å². The normalized spacial score (nSPS) is 14.5. The van der Waals surface area contributed by atoms with Crippen LogP contribution in [0.1, 0.15) is 181 Å². The molecule has 0 radical (unpaired) electrons. The number of hydrogen-bond acceptors (Lipinski definition) is 8. The summed E-state index contributed by atoms with van der Waals surface area (Å²) < 4.78 is 34.0. The monoisotopic (exact) mass is 1040 g/mol. The molecule has 0 N–H and O–H groups in total. The Balaban J connectivity index is 4.35. The van der Waals surface area contributed by atoms with Gasteiger partial charge in [0.2, 0.25) is 0 Å². The van der Waals surface area contributed by atoms with Gasteiger partial charge in [0.25, 0.3) is 7.82 Å². The van der Waals surface area contributed by atoms with E-state index < -0.39 is 32.5 Å². The maximum atomic E-state index is 12.8. The molecule has 0 aliphatic heterocycles. The predicted octanol–water partition coefficient (Wildman–Crippen LogP) is 17.1. The number of unbranched alkanes of at least 4 members (excludes halogenated alkanes) is 9. The Labute approximate surface area is 452 Å². The zero-order valence-corrected chi connectivity index (χ0v) is 47.9. The standard InChI is InChI=1S/C64H102NO8P/c1-6-8-10-12-14-16-18-20-22-24-26-28-30-31-32-33-35-36-38-40-42-44-46-48-50-52-54-56-63(66)70-60-62(61-72-74(68,69)71-59-58-65(3,4)5)73-64(67)57-55-53-51-49-47-45-43-41-39-37-34-29-27-25-23-21-19-17-15-13-11-9-7-2/h8-11,14-17,20-23,26-29,31-32,35-37,39,43,45,49,51,62H,6-7,12-13,18-19,24-25,30,33-34,38,40-42,44,46-48,50,52-61H2,1-5H3/b10-8-,11-9-,16-14-,17-15-,22-20-,23-21-,28-26-,29-27-,32-31-,36-35-,39-37-,45-43-,51-49-. The minimum atomic E-state index is -4.67. The molecule has 2 atom stereocenters. The van der Waals surface area contributed by atoms with Crippen LogP contribution in [0.25, 0.3) is 0 Å². The van der Waals surface area contributed by atoms with E-state index in [1.54, 1.807) is 0 Å². The molecule has 10 heteroatoms. The average molecular weight is 1040 g/mol. The molecule has 0 bridgehead atoms. The van der Waals surface area contributed by atoms with Gasteiger partial charge in [-0.2, -0.15) is 0 Å². The van der Waals surface area contributed by atoms with Gasteiger partial charge in [0, 0.05) is 12.8 Å². The highest BCUT2D eigenvalue weighted by Gasteiger charge is 2.21. The van der Waals surface area contributed by atoms with E-state index in [0.29, 0.717) is 30.3 Å². The molecule has 0 aliphatic rings. The van der Waals surface area contributed by atoms with Crippen molar-refractivity contribution in [2.45, 2.75) is 187 Å². The maximum Gasteiger partial charge on any atom is 0.306 e. The number of carbonyl (C=O) groups excluding carboxylic acids is 2. The smallest absolute Gasteiger partial charge is 0.306 e. The third kappa shape index (κ3) is 56.9. The van der Waals surface area contributed by atoms with Crippen molar-refractivity contribution in [3.63, 3.8) is 0 Å². The lowest BCUT2D eigenvalue weighted by molar-refractivity contribution is -0.870. The van der Waals surface area contributed by atoms with Crippen molar-refractivity contribution in [2.75, 3.05) is 47.5 Å². The molecule has 0 spiro atoms. The molecule has 0 aliphatic carbocycles. The van der Waals surface area contributed by atoms with Gasteiger partial charge < -0.3 is 27.9 Å². The number of rotatable bonds is 49. The number of likely N-dealkylation sites (N-methyl/N-ethyl adjacent to an activating group) is 1. The van der Waals surface area contributed by atoms with Crippen molar-refractivity contribution >= 4 is 19.8 Å². The first-order valence-electron chi connectivity index (χ1n) is 28.2. The highest BCUT2D eigenvalue weighted by Crippen LogP contribution is 2.38. The second-order valence-electron chi connectivity index (χ2n) is 19.2. The first-order valence-corrected chi connectivity index (χ1v) is 29.7. The summed E-state index contributed by atoms with van der Waals surface area (Å²) >= 11 is 0. The summed E-state index contributed by atoms with van der Waals surface area (Å²) in [6.45, 7) is 3.90. The van der Waals surface area contributed by atoms with Crippen LogP contribution in [0, 0.1) is 0 Å². The van der Waals surface area contributed by atoms with E-state index in [9.17, 15) is 19.0 Å². The van der Waals surface area contributed by atoms with Crippen molar-refractivity contribution in [3.8, 4) is 0 Å². The molecule has 0 aromatic heterocycles. The Morgan fingerprint density at radius 1 is 0.419 bits per heavy atom. The Bertz CT molecular complexity index is 1800. The number of allylic oxidation sites excluding steroid dienone is 26. The lowest BCUT2D eigenvalue weighted by Crippen LogP contribution is -2.37. The summed E-state index contributed by atoms with van der Waals surface area (Å²) in [6, 6.07) is 0. The van der Waals surface area contributed by atoms with Gasteiger partial charge >= 0.3 is 11.9 Å². The van der Waals surface area contributed by atoms with Crippen LogP contribution in [0.3, 0.4) is 0 Å². The van der Waals surface area contributed by atoms with Crippen LogP contribution in [-0.2, 0) is 32.7 Å². The van der Waals surface area contributed by atoms with Crippen molar-refractivity contribution in [2.24, 2.45) is 0 Å². The van der Waals surface area contributed by atoms with Gasteiger partial charge in [-0.1, -0.05) is 210 Å². The van der Waals surface area contributed by atoms with Gasteiger partial charge in [0.15, 0.2) is 6.10 Å². The fraction of sp³-hybridized carbons (Fsp3) is 0.562. The highest BCUT2D eigenvalue weighted by atomic mass is 31.2. The third-order valence-corrected chi connectivity index (χ3v) is 12.0. The number of quaternary nitrogens is 1. The maximum absolute atomic E-state index is 12.8. The summed E-state index contributed by atoms with van der Waals surface area (Å²) in [5.74, 6) is -0.928. The first kappa shape index (κ1) is 69.6. The van der Waals surface area contributed by atoms with Crippen LogP contribution >= 0.6 is 7.82 Å². The second kappa shape index (κ2) is 53.5. The van der Waals surface area contributed by atoms with E-state index >= 15 is 0 Å². The molecule has 0 heterocycles. The fourth-order valence-electron chi connectivity index (χ4n) is 6.76. The predicted molar refractivity (Wildman–Crippen MR) is 313 cm³/mol. The lowest BCUT2D eigenvalue weighted by Gasteiger charge is -2.28. The van der Waals surface area contributed by atoms with Gasteiger partial charge in [-0.3, -0.25) is 14.2 Å². The number of phosphoric ester groups is 1. The molecule has 0 amide bonds. The largest absolute Gasteiger partial charge is 0.756 e. The molecular formula is C64H102NO8P. The van der Waals surface area contributed by atoms with Gasteiger partial charge in [0.1, 0.15) is 19.8 Å². The number of esters is 2. The minimum absolute atomic E-state index is 0.0532. The van der Waals surface area contributed by atoms with Crippen molar-refractivity contribution in [1.82, 2.24) is 0 Å². The number of ether oxygens (including phenoxy) is 2. The number of hydrogen-bond donors (Lipinski definition) is 0. The number of carbonyl (C=O) groups is 2.